The highest BCUT2D eigenvalue weighted by atomic mass is 32.2. The van der Waals surface area contributed by atoms with Crippen molar-refractivity contribution in [3.05, 3.63) is 35.5 Å². The molecule has 2 aliphatic rings. The lowest BCUT2D eigenvalue weighted by Crippen LogP contribution is -2.39. The van der Waals surface area contributed by atoms with Gasteiger partial charge in [-0.2, -0.15) is 4.98 Å². The summed E-state index contributed by atoms with van der Waals surface area (Å²) in [7, 11) is -0.356. The number of nitrogens with zero attached hydrogens (tertiary/aromatic N) is 3. The van der Waals surface area contributed by atoms with E-state index in [0.717, 1.165) is 0 Å². The van der Waals surface area contributed by atoms with Crippen LogP contribution in [0.25, 0.3) is 0 Å². The number of fused-ring (bicyclic) bond motifs is 1. The molecule has 1 aliphatic heterocycles. The molecule has 2 heterocycles. The summed E-state index contributed by atoms with van der Waals surface area (Å²) >= 11 is 0. The number of carbonyl (C=O) groups is 1. The first-order chi connectivity index (χ1) is 14.7. The Morgan fingerprint density at radius 2 is 2.10 bits per heavy atom. The molecule has 1 saturated carbocycles. The molecule has 1 aliphatic carbocycles. The molecule has 1 saturated heterocycles. The van der Waals surface area contributed by atoms with Crippen molar-refractivity contribution in [2.75, 3.05) is 33.6 Å². The molecule has 4 rings (SSSR count). The number of para-hydroxylation sites is 1. The number of carbonyl (C=O) groups excluding carboxylic acids is 1. The molecule has 1 aromatic carbocycles. The molecule has 0 bridgehead atoms. The number of nitrogens with one attached hydrogen (secondary N) is 1. The summed E-state index contributed by atoms with van der Waals surface area (Å²) in [6.45, 7) is 2.34. The molecule has 1 aromatic heterocycles. The number of aromatic nitrogens is 2. The quantitative estimate of drug-likeness (QED) is 0.694. The molecule has 168 valence electrons. The van der Waals surface area contributed by atoms with Crippen LogP contribution in [-0.4, -0.2) is 68.4 Å². The van der Waals surface area contributed by atoms with Crippen molar-refractivity contribution in [2.45, 2.75) is 31.2 Å². The third kappa shape index (κ3) is 3.76. The van der Waals surface area contributed by atoms with Gasteiger partial charge >= 0.3 is 0 Å². The zero-order valence-electron chi connectivity index (χ0n) is 17.9. The topological polar surface area (TPSA) is 124 Å². The standard InChI is InChI=1S/C20H26N4O6S/c1-12-21-19(30-23-12)20-9-14(8-13(20)10-24(11-20)31(4,26)27)22-18(25)15-6-5-7-16(28-2)17(15)29-3/h5-7,13-14H,8-11H2,1-4H3,(H,22,25)/t13?,14-,20+/m1/s1. The number of sulfonamides is 1. The third-order valence-corrected chi connectivity index (χ3v) is 7.47. The van der Waals surface area contributed by atoms with Crippen LogP contribution in [0.15, 0.2) is 22.7 Å². The van der Waals surface area contributed by atoms with Gasteiger partial charge < -0.3 is 19.3 Å². The van der Waals surface area contributed by atoms with E-state index in [2.05, 4.69) is 15.5 Å². The van der Waals surface area contributed by atoms with E-state index >= 15 is 0 Å². The first-order valence-corrected chi connectivity index (χ1v) is 11.8. The number of amides is 1. The Kier molecular flexibility index (Phi) is 5.42. The van der Waals surface area contributed by atoms with Crippen molar-refractivity contribution >= 4 is 15.9 Å². The van der Waals surface area contributed by atoms with Gasteiger partial charge in [-0.25, -0.2) is 12.7 Å². The zero-order chi connectivity index (χ0) is 22.4. The second kappa shape index (κ2) is 7.79. The summed E-state index contributed by atoms with van der Waals surface area (Å²) in [5, 5.41) is 6.98. The monoisotopic (exact) mass is 450 g/mol. The van der Waals surface area contributed by atoms with E-state index in [9.17, 15) is 13.2 Å². The first kappa shape index (κ1) is 21.6. The van der Waals surface area contributed by atoms with Crippen molar-refractivity contribution in [1.82, 2.24) is 19.8 Å². The van der Waals surface area contributed by atoms with Crippen LogP contribution in [0.3, 0.4) is 0 Å². The number of ether oxygens (including phenoxy) is 2. The first-order valence-electron chi connectivity index (χ1n) is 9.95. The molecule has 1 N–H and O–H groups in total. The largest absolute Gasteiger partial charge is 0.493 e. The maximum atomic E-state index is 13.0. The van der Waals surface area contributed by atoms with Crippen molar-refractivity contribution < 1.29 is 27.2 Å². The number of benzene rings is 1. The molecule has 0 radical (unpaired) electrons. The Balaban J connectivity index is 1.59. The van der Waals surface area contributed by atoms with Gasteiger partial charge in [0.2, 0.25) is 15.9 Å². The summed E-state index contributed by atoms with van der Waals surface area (Å²) < 4.78 is 42.0. The molecule has 0 spiro atoms. The second-order valence-electron chi connectivity index (χ2n) is 8.21. The molecule has 11 heteroatoms. The van der Waals surface area contributed by atoms with Gasteiger partial charge in [0.25, 0.3) is 5.91 Å². The van der Waals surface area contributed by atoms with Gasteiger partial charge in [0, 0.05) is 19.1 Å². The minimum absolute atomic E-state index is 0.0421. The predicted molar refractivity (Wildman–Crippen MR) is 111 cm³/mol. The van der Waals surface area contributed by atoms with Crippen LogP contribution in [-0.2, 0) is 15.4 Å². The van der Waals surface area contributed by atoms with Crippen LogP contribution in [0.5, 0.6) is 11.5 Å². The smallest absolute Gasteiger partial charge is 0.255 e. The summed E-state index contributed by atoms with van der Waals surface area (Å²) in [6.07, 6.45) is 2.31. The average Bonchev–Trinajstić information content (AvgIpc) is 3.39. The van der Waals surface area contributed by atoms with Gasteiger partial charge in [0.05, 0.1) is 31.5 Å². The van der Waals surface area contributed by atoms with Crippen molar-refractivity contribution in [2.24, 2.45) is 5.92 Å². The van der Waals surface area contributed by atoms with E-state index in [0.29, 0.717) is 48.2 Å². The second-order valence-corrected chi connectivity index (χ2v) is 10.2. The Morgan fingerprint density at radius 3 is 2.71 bits per heavy atom. The fourth-order valence-corrected chi connectivity index (χ4v) is 5.76. The normalized spacial score (nSPS) is 25.9. The molecular formula is C20H26N4O6S. The van der Waals surface area contributed by atoms with Gasteiger partial charge in [0.1, 0.15) is 0 Å². The van der Waals surface area contributed by atoms with Crippen molar-refractivity contribution in [3.8, 4) is 11.5 Å². The van der Waals surface area contributed by atoms with Crippen LogP contribution in [0.1, 0.15) is 34.9 Å². The van der Waals surface area contributed by atoms with Crippen LogP contribution in [0.2, 0.25) is 0 Å². The lowest BCUT2D eigenvalue weighted by atomic mass is 9.80. The molecule has 1 amide bonds. The zero-order valence-corrected chi connectivity index (χ0v) is 18.7. The lowest BCUT2D eigenvalue weighted by Gasteiger charge is -2.25. The van der Waals surface area contributed by atoms with Crippen molar-refractivity contribution in [3.63, 3.8) is 0 Å². The lowest BCUT2D eigenvalue weighted by molar-refractivity contribution is 0.0931. The molecule has 1 unspecified atom stereocenters. The minimum Gasteiger partial charge on any atom is -0.493 e. The SMILES string of the molecule is COc1cccc(C(=O)N[C@@H]2CC3CN(S(C)(=O)=O)C[C@@]3(c3nc(C)no3)C2)c1OC. The van der Waals surface area contributed by atoms with Gasteiger partial charge in [0.15, 0.2) is 17.3 Å². The maximum absolute atomic E-state index is 13.0. The van der Waals surface area contributed by atoms with Gasteiger partial charge in [-0.3, -0.25) is 4.79 Å². The summed E-state index contributed by atoms with van der Waals surface area (Å²) in [5.41, 5.74) is -0.250. The number of aryl methyl sites for hydroxylation is 1. The van der Waals surface area contributed by atoms with Crippen LogP contribution < -0.4 is 14.8 Å². The Hall–Kier alpha value is -2.66. The fraction of sp³-hybridized carbons (Fsp3) is 0.550. The summed E-state index contributed by atoms with van der Waals surface area (Å²) in [4.78, 5) is 17.4. The minimum atomic E-state index is -3.36. The summed E-state index contributed by atoms with van der Waals surface area (Å²) in [6, 6.07) is 4.95. The van der Waals surface area contributed by atoms with Crippen LogP contribution in [0.4, 0.5) is 0 Å². The molecular weight excluding hydrogens is 424 g/mol. The maximum Gasteiger partial charge on any atom is 0.255 e. The number of methoxy groups -OCH3 is 2. The third-order valence-electron chi connectivity index (χ3n) is 6.25. The highest BCUT2D eigenvalue weighted by Crippen LogP contribution is 2.50. The predicted octanol–water partition coefficient (Wildman–Crippen LogP) is 1.12. The molecule has 10 nitrogen and oxygen atoms in total. The van der Waals surface area contributed by atoms with Crippen molar-refractivity contribution in [1.29, 1.82) is 0 Å². The molecule has 2 fully saturated rings. The highest BCUT2D eigenvalue weighted by Gasteiger charge is 2.59. The Morgan fingerprint density at radius 1 is 1.32 bits per heavy atom. The van der Waals surface area contributed by atoms with Gasteiger partial charge in [-0.1, -0.05) is 11.2 Å². The number of rotatable bonds is 6. The van der Waals surface area contributed by atoms with E-state index in [1.165, 1.54) is 24.8 Å². The molecule has 2 aromatic rings. The number of hydrogen-bond donors (Lipinski definition) is 1. The molecule has 31 heavy (non-hydrogen) atoms. The summed E-state index contributed by atoms with van der Waals surface area (Å²) in [5.74, 6) is 1.44. The highest BCUT2D eigenvalue weighted by molar-refractivity contribution is 7.88. The van der Waals surface area contributed by atoms with Crippen LogP contribution in [0, 0.1) is 12.8 Å². The van der Waals surface area contributed by atoms with Gasteiger partial charge in [-0.05, 0) is 37.8 Å². The Labute approximate surface area is 181 Å². The fourth-order valence-electron chi connectivity index (χ4n) is 4.85. The molecule has 3 atom stereocenters. The van der Waals surface area contributed by atoms with E-state index < -0.39 is 15.4 Å². The van der Waals surface area contributed by atoms with E-state index in [-0.39, 0.29) is 24.4 Å². The van der Waals surface area contributed by atoms with Crippen LogP contribution >= 0.6 is 0 Å². The van der Waals surface area contributed by atoms with Gasteiger partial charge in [-0.15, -0.1) is 0 Å². The van der Waals surface area contributed by atoms with E-state index in [4.69, 9.17) is 14.0 Å². The van der Waals surface area contributed by atoms with E-state index in [1.54, 1.807) is 25.1 Å². The number of hydrogen-bond acceptors (Lipinski definition) is 8. The average molecular weight is 451 g/mol. The van der Waals surface area contributed by atoms with E-state index in [1.807, 2.05) is 0 Å². The Bertz CT molecular complexity index is 1100.